The van der Waals surface area contributed by atoms with Crippen molar-refractivity contribution in [3.05, 3.63) is 12.2 Å². The van der Waals surface area contributed by atoms with E-state index in [2.05, 4.69) is 20.8 Å². The van der Waals surface area contributed by atoms with Gasteiger partial charge >= 0.3 is 0 Å². The zero-order valence-corrected chi connectivity index (χ0v) is 15.2. The molecule has 0 bridgehead atoms. The summed E-state index contributed by atoms with van der Waals surface area (Å²) in [6.45, 7) is 9.02. The number of rotatable bonds is 7. The third kappa shape index (κ3) is 4.92. The molecule has 2 heterocycles. The van der Waals surface area contributed by atoms with Gasteiger partial charge in [0.15, 0.2) is 0 Å². The molecule has 0 unspecified atom stereocenters. The lowest BCUT2D eigenvalue weighted by molar-refractivity contribution is -0.136. The summed E-state index contributed by atoms with van der Waals surface area (Å²) in [6.07, 6.45) is 7.96. The lowest BCUT2D eigenvalue weighted by Gasteiger charge is -2.27. The number of imide groups is 1. The number of carbonyl (C=O) groups is 3. The molecule has 24 heavy (non-hydrogen) atoms. The van der Waals surface area contributed by atoms with Crippen LogP contribution in [0.25, 0.3) is 0 Å². The van der Waals surface area contributed by atoms with Crippen LogP contribution in [0.5, 0.6) is 0 Å². The summed E-state index contributed by atoms with van der Waals surface area (Å²) in [7, 11) is 0. The molecule has 2 aliphatic rings. The van der Waals surface area contributed by atoms with E-state index in [1.807, 2.05) is 4.90 Å². The Bertz CT molecular complexity index is 501. The van der Waals surface area contributed by atoms with Gasteiger partial charge in [0, 0.05) is 38.2 Å². The Balaban J connectivity index is 1.56. The monoisotopic (exact) mass is 334 g/mol. The Hall–Kier alpha value is -1.65. The van der Waals surface area contributed by atoms with Gasteiger partial charge in [-0.05, 0) is 30.6 Å². The highest BCUT2D eigenvalue weighted by molar-refractivity contribution is 6.12. The van der Waals surface area contributed by atoms with E-state index < -0.39 is 0 Å². The molecule has 134 valence electrons. The minimum atomic E-state index is -0.211. The van der Waals surface area contributed by atoms with Crippen molar-refractivity contribution in [2.24, 2.45) is 11.3 Å². The minimum Gasteiger partial charge on any atom is -0.342 e. The molecule has 1 atom stereocenters. The molecule has 5 heteroatoms. The summed E-state index contributed by atoms with van der Waals surface area (Å²) in [5.41, 5.74) is 0.272. The molecule has 0 aromatic rings. The summed E-state index contributed by atoms with van der Waals surface area (Å²) in [5, 5.41) is 0. The molecule has 0 radical (unpaired) electrons. The van der Waals surface area contributed by atoms with E-state index in [1.165, 1.54) is 17.1 Å². The van der Waals surface area contributed by atoms with Crippen LogP contribution < -0.4 is 0 Å². The normalized spacial score (nSPS) is 21.2. The van der Waals surface area contributed by atoms with Crippen molar-refractivity contribution < 1.29 is 14.4 Å². The Kier molecular flexibility index (Phi) is 6.19. The SMILES string of the molecule is CC(C)(C)[C@@H]1CCN(C(=O)CCCCCCN2C(=O)C=CC2=O)C1. The van der Waals surface area contributed by atoms with Gasteiger partial charge in [0.05, 0.1) is 0 Å². The number of unbranched alkanes of at least 4 members (excludes halogenated alkanes) is 3. The van der Waals surface area contributed by atoms with E-state index in [4.69, 9.17) is 0 Å². The number of hydrogen-bond acceptors (Lipinski definition) is 3. The fourth-order valence-corrected chi connectivity index (χ4v) is 3.40. The number of carbonyl (C=O) groups excluding carboxylic acids is 3. The van der Waals surface area contributed by atoms with E-state index in [-0.39, 0.29) is 23.1 Å². The van der Waals surface area contributed by atoms with Gasteiger partial charge in [-0.15, -0.1) is 0 Å². The van der Waals surface area contributed by atoms with Gasteiger partial charge in [-0.2, -0.15) is 0 Å². The van der Waals surface area contributed by atoms with Gasteiger partial charge in [-0.1, -0.05) is 33.6 Å². The predicted molar refractivity (Wildman–Crippen MR) is 93.1 cm³/mol. The molecule has 3 amide bonds. The van der Waals surface area contributed by atoms with Crippen LogP contribution in [-0.4, -0.2) is 47.2 Å². The van der Waals surface area contributed by atoms with Crippen LogP contribution in [0.4, 0.5) is 0 Å². The highest BCUT2D eigenvalue weighted by Gasteiger charge is 2.33. The van der Waals surface area contributed by atoms with Crippen LogP contribution in [0.3, 0.4) is 0 Å². The van der Waals surface area contributed by atoms with E-state index >= 15 is 0 Å². The maximum Gasteiger partial charge on any atom is 0.253 e. The smallest absolute Gasteiger partial charge is 0.253 e. The third-order valence-corrected chi connectivity index (χ3v) is 5.19. The van der Waals surface area contributed by atoms with Crippen LogP contribution in [0.15, 0.2) is 12.2 Å². The molecule has 5 nitrogen and oxygen atoms in total. The van der Waals surface area contributed by atoms with Crippen LogP contribution in [0.2, 0.25) is 0 Å². The van der Waals surface area contributed by atoms with Crippen molar-refractivity contribution in [2.45, 2.75) is 59.3 Å². The van der Waals surface area contributed by atoms with Crippen molar-refractivity contribution in [1.82, 2.24) is 9.80 Å². The second-order valence-electron chi connectivity index (χ2n) is 8.02. The number of likely N-dealkylation sites (tertiary alicyclic amines) is 1. The van der Waals surface area contributed by atoms with Gasteiger partial charge < -0.3 is 4.90 Å². The number of hydrogen-bond donors (Lipinski definition) is 0. The molecule has 0 aromatic heterocycles. The van der Waals surface area contributed by atoms with Gasteiger partial charge in [0.2, 0.25) is 5.91 Å². The third-order valence-electron chi connectivity index (χ3n) is 5.19. The van der Waals surface area contributed by atoms with Crippen molar-refractivity contribution in [1.29, 1.82) is 0 Å². The van der Waals surface area contributed by atoms with Crippen LogP contribution in [-0.2, 0) is 14.4 Å². The quantitative estimate of drug-likeness (QED) is 0.531. The lowest BCUT2D eigenvalue weighted by atomic mass is 9.80. The zero-order valence-electron chi connectivity index (χ0n) is 15.2. The number of nitrogens with zero attached hydrogens (tertiary/aromatic N) is 2. The molecule has 2 aliphatic heterocycles. The first kappa shape index (κ1) is 18.7. The molecule has 0 spiro atoms. The standard InChI is InChI=1S/C19H30N2O3/c1-19(2,3)15-11-13-20(14-15)16(22)8-6-4-5-7-12-21-17(23)9-10-18(21)24/h9-10,15H,4-8,11-14H2,1-3H3/t15-/m1/s1. The van der Waals surface area contributed by atoms with Crippen molar-refractivity contribution in [3.8, 4) is 0 Å². The molecule has 0 aliphatic carbocycles. The summed E-state index contributed by atoms with van der Waals surface area (Å²) >= 11 is 0. The Morgan fingerprint density at radius 1 is 1.08 bits per heavy atom. The minimum absolute atomic E-state index is 0.211. The Morgan fingerprint density at radius 3 is 2.29 bits per heavy atom. The zero-order chi connectivity index (χ0) is 17.7. The van der Waals surface area contributed by atoms with Crippen LogP contribution in [0.1, 0.15) is 59.3 Å². The summed E-state index contributed by atoms with van der Waals surface area (Å²) in [6, 6.07) is 0. The molecule has 0 saturated carbocycles. The van der Waals surface area contributed by atoms with Crippen molar-refractivity contribution in [3.63, 3.8) is 0 Å². The van der Waals surface area contributed by atoms with E-state index in [1.54, 1.807) is 0 Å². The topological polar surface area (TPSA) is 57.7 Å². The van der Waals surface area contributed by atoms with Crippen molar-refractivity contribution >= 4 is 17.7 Å². The predicted octanol–water partition coefficient (Wildman–Crippen LogP) is 2.76. The first-order valence-corrected chi connectivity index (χ1v) is 9.10. The first-order chi connectivity index (χ1) is 11.3. The van der Waals surface area contributed by atoms with E-state index in [9.17, 15) is 14.4 Å². The largest absolute Gasteiger partial charge is 0.342 e. The lowest BCUT2D eigenvalue weighted by Crippen LogP contribution is -2.31. The maximum atomic E-state index is 12.3. The Labute approximate surface area is 145 Å². The molecule has 0 N–H and O–H groups in total. The second-order valence-corrected chi connectivity index (χ2v) is 8.02. The average Bonchev–Trinajstić information content (AvgIpc) is 3.11. The van der Waals surface area contributed by atoms with Gasteiger partial charge in [-0.3, -0.25) is 19.3 Å². The van der Waals surface area contributed by atoms with E-state index in [0.717, 1.165) is 45.2 Å². The highest BCUT2D eigenvalue weighted by Crippen LogP contribution is 2.33. The second kappa shape index (κ2) is 7.95. The van der Waals surface area contributed by atoms with Crippen molar-refractivity contribution in [2.75, 3.05) is 19.6 Å². The van der Waals surface area contributed by atoms with Gasteiger partial charge in [-0.25, -0.2) is 0 Å². The van der Waals surface area contributed by atoms with Gasteiger partial charge in [0.1, 0.15) is 0 Å². The first-order valence-electron chi connectivity index (χ1n) is 9.10. The molecule has 0 aromatic carbocycles. The fourth-order valence-electron chi connectivity index (χ4n) is 3.40. The summed E-state index contributed by atoms with van der Waals surface area (Å²) < 4.78 is 0. The highest BCUT2D eigenvalue weighted by atomic mass is 16.2. The van der Waals surface area contributed by atoms with Crippen LogP contribution >= 0.6 is 0 Å². The summed E-state index contributed by atoms with van der Waals surface area (Å²) in [5.74, 6) is 0.455. The molecule has 2 rings (SSSR count). The average molecular weight is 334 g/mol. The van der Waals surface area contributed by atoms with Crippen LogP contribution in [0, 0.1) is 11.3 Å². The molecule has 1 saturated heterocycles. The molecular formula is C19H30N2O3. The fraction of sp³-hybridized carbons (Fsp3) is 0.737. The maximum absolute atomic E-state index is 12.3. The van der Waals surface area contributed by atoms with Gasteiger partial charge in [0.25, 0.3) is 11.8 Å². The number of amides is 3. The summed E-state index contributed by atoms with van der Waals surface area (Å²) in [4.78, 5) is 38.4. The Morgan fingerprint density at radius 2 is 1.71 bits per heavy atom. The molecular weight excluding hydrogens is 304 g/mol. The molecule has 1 fully saturated rings. The van der Waals surface area contributed by atoms with E-state index in [0.29, 0.717) is 18.9 Å².